The van der Waals surface area contributed by atoms with Gasteiger partial charge in [-0.15, -0.1) is 0 Å². The molecule has 2 aromatic carbocycles. The SMILES string of the molecule is Nc1nccn2c1c(-c1ccc3ccc(-c4ccccc4)nc3c1)nc2[C@H]1C[C@@H](CN[SH](=O)=O)C1. The van der Waals surface area contributed by atoms with Gasteiger partial charge in [-0.2, -0.15) is 0 Å². The van der Waals surface area contributed by atoms with Crippen LogP contribution in [-0.2, 0) is 10.9 Å². The van der Waals surface area contributed by atoms with E-state index in [4.69, 9.17) is 15.7 Å². The summed E-state index contributed by atoms with van der Waals surface area (Å²) in [4.78, 5) is 14.3. The fourth-order valence-corrected chi connectivity index (χ4v) is 5.33. The zero-order chi connectivity index (χ0) is 23.9. The first kappa shape index (κ1) is 21.7. The van der Waals surface area contributed by atoms with E-state index >= 15 is 0 Å². The minimum absolute atomic E-state index is 0.234. The third-order valence-electron chi connectivity index (χ3n) is 6.76. The molecule has 0 spiro atoms. The maximum atomic E-state index is 10.8. The van der Waals surface area contributed by atoms with Crippen LogP contribution in [0.5, 0.6) is 0 Å². The van der Waals surface area contributed by atoms with Crippen molar-refractivity contribution in [2.45, 2.75) is 18.8 Å². The van der Waals surface area contributed by atoms with Crippen LogP contribution in [0, 0.1) is 5.92 Å². The molecule has 0 bridgehead atoms. The number of nitrogens with one attached hydrogen (secondary N) is 1. The van der Waals surface area contributed by atoms with E-state index in [2.05, 4.69) is 40.0 Å². The van der Waals surface area contributed by atoms with Crippen LogP contribution in [0.2, 0.25) is 0 Å². The van der Waals surface area contributed by atoms with Crippen molar-refractivity contribution < 1.29 is 8.42 Å². The maximum absolute atomic E-state index is 10.8. The van der Waals surface area contributed by atoms with Crippen LogP contribution >= 0.6 is 0 Å². The van der Waals surface area contributed by atoms with Crippen molar-refractivity contribution in [3.8, 4) is 22.5 Å². The third kappa shape index (κ3) is 4.02. The number of thiol groups is 1. The van der Waals surface area contributed by atoms with E-state index in [1.165, 1.54) is 0 Å². The predicted octanol–water partition coefficient (Wildman–Crippen LogP) is 3.80. The number of aromatic nitrogens is 4. The number of pyridine rings is 1. The third-order valence-corrected chi connectivity index (χ3v) is 7.20. The standard InChI is InChI=1S/C26H24N6O2S/c27-25-24-23(31-26(32(24)11-10-28-25)20-12-16(13-20)15-29-35(33)34)19-7-6-18-8-9-21(30-22(18)14-19)17-4-2-1-3-5-17/h1-11,14,16,20,35H,12-13,15H2,(H2,27,28)(H,29,33,34)/t16-,20+. The molecule has 0 atom stereocenters. The van der Waals surface area contributed by atoms with Crippen LogP contribution in [0.15, 0.2) is 73.1 Å². The molecule has 1 saturated carbocycles. The van der Waals surface area contributed by atoms with Crippen molar-refractivity contribution in [1.29, 1.82) is 0 Å². The Morgan fingerprint density at radius 3 is 2.60 bits per heavy atom. The van der Waals surface area contributed by atoms with Crippen molar-refractivity contribution >= 4 is 33.1 Å². The van der Waals surface area contributed by atoms with Gasteiger partial charge in [0.25, 0.3) is 0 Å². The highest BCUT2D eigenvalue weighted by molar-refractivity contribution is 7.70. The van der Waals surface area contributed by atoms with Gasteiger partial charge in [-0.3, -0.25) is 4.40 Å². The number of benzene rings is 2. The molecule has 1 aliphatic carbocycles. The number of hydrogen-bond acceptors (Lipinski definition) is 6. The Kier molecular flexibility index (Phi) is 5.43. The topological polar surface area (TPSA) is 115 Å². The second kappa shape index (κ2) is 8.75. The number of hydrogen-bond donors (Lipinski definition) is 3. The quantitative estimate of drug-likeness (QED) is 0.316. The lowest BCUT2D eigenvalue weighted by Crippen LogP contribution is -2.32. The number of nitrogens with zero attached hydrogens (tertiary/aromatic N) is 4. The van der Waals surface area contributed by atoms with Crippen molar-refractivity contribution in [3.63, 3.8) is 0 Å². The van der Waals surface area contributed by atoms with Crippen molar-refractivity contribution in [3.05, 3.63) is 78.9 Å². The molecule has 1 aliphatic rings. The zero-order valence-electron chi connectivity index (χ0n) is 18.8. The van der Waals surface area contributed by atoms with Crippen molar-refractivity contribution in [1.82, 2.24) is 24.1 Å². The molecule has 6 rings (SSSR count). The summed E-state index contributed by atoms with van der Waals surface area (Å²) in [5.41, 5.74) is 11.7. The van der Waals surface area contributed by atoms with Gasteiger partial charge in [0.15, 0.2) is 0 Å². The lowest BCUT2D eigenvalue weighted by Gasteiger charge is -2.34. The van der Waals surface area contributed by atoms with Crippen molar-refractivity contribution in [2.75, 3.05) is 12.3 Å². The van der Waals surface area contributed by atoms with Gasteiger partial charge in [0, 0.05) is 41.4 Å². The Hall–Kier alpha value is -3.82. The van der Waals surface area contributed by atoms with Gasteiger partial charge in [0.05, 0.1) is 11.2 Å². The number of fused-ring (bicyclic) bond motifs is 2. The Labute approximate surface area is 204 Å². The van der Waals surface area contributed by atoms with Gasteiger partial charge < -0.3 is 5.73 Å². The van der Waals surface area contributed by atoms with E-state index in [0.717, 1.165) is 57.6 Å². The van der Waals surface area contributed by atoms with E-state index in [1.54, 1.807) is 6.20 Å². The van der Waals surface area contributed by atoms with Gasteiger partial charge >= 0.3 is 0 Å². The average Bonchev–Trinajstić information content (AvgIpc) is 3.23. The van der Waals surface area contributed by atoms with Crippen LogP contribution in [-0.4, -0.2) is 34.3 Å². The lowest BCUT2D eigenvalue weighted by atomic mass is 9.74. The summed E-state index contributed by atoms with van der Waals surface area (Å²) in [5.74, 6) is 1.90. The second-order valence-electron chi connectivity index (χ2n) is 8.97. The molecule has 176 valence electrons. The molecule has 9 heteroatoms. The first-order valence-corrected chi connectivity index (χ1v) is 12.7. The smallest absolute Gasteiger partial charge is 0.201 e. The Bertz CT molecular complexity index is 1620. The number of nitrogen functional groups attached to an aromatic ring is 1. The van der Waals surface area contributed by atoms with Crippen molar-refractivity contribution in [2.24, 2.45) is 5.92 Å². The lowest BCUT2D eigenvalue weighted by molar-refractivity contribution is 0.256. The summed E-state index contributed by atoms with van der Waals surface area (Å²) in [6, 6.07) is 20.4. The van der Waals surface area contributed by atoms with Crippen LogP contribution in [0.25, 0.3) is 38.9 Å². The molecule has 0 radical (unpaired) electrons. The molecular weight excluding hydrogens is 460 g/mol. The summed E-state index contributed by atoms with van der Waals surface area (Å²) in [5, 5.41) is 1.05. The maximum Gasteiger partial charge on any atom is 0.201 e. The van der Waals surface area contributed by atoms with E-state index in [0.29, 0.717) is 18.3 Å². The highest BCUT2D eigenvalue weighted by atomic mass is 32.2. The molecule has 3 aromatic heterocycles. The summed E-state index contributed by atoms with van der Waals surface area (Å²) in [6.07, 6.45) is 5.32. The van der Waals surface area contributed by atoms with Gasteiger partial charge in [-0.1, -0.05) is 48.5 Å². The van der Waals surface area contributed by atoms with E-state index in [9.17, 15) is 8.42 Å². The second-order valence-corrected chi connectivity index (χ2v) is 9.80. The van der Waals surface area contributed by atoms with Crippen LogP contribution < -0.4 is 10.5 Å². The first-order chi connectivity index (χ1) is 17.1. The molecule has 35 heavy (non-hydrogen) atoms. The largest absolute Gasteiger partial charge is 0.382 e. The molecule has 3 N–H and O–H groups in total. The van der Waals surface area contributed by atoms with Gasteiger partial charge in [0.2, 0.25) is 10.9 Å². The number of imidazole rings is 1. The Morgan fingerprint density at radius 2 is 1.80 bits per heavy atom. The van der Waals surface area contributed by atoms with E-state index < -0.39 is 10.9 Å². The van der Waals surface area contributed by atoms with Gasteiger partial charge in [-0.25, -0.2) is 28.1 Å². The molecule has 1 fully saturated rings. The van der Waals surface area contributed by atoms with E-state index in [1.807, 2.05) is 40.9 Å². The highest BCUT2D eigenvalue weighted by Gasteiger charge is 2.34. The number of anilines is 1. The predicted molar refractivity (Wildman–Crippen MR) is 137 cm³/mol. The van der Waals surface area contributed by atoms with E-state index in [-0.39, 0.29) is 5.92 Å². The summed E-state index contributed by atoms with van der Waals surface area (Å²) >= 11 is 0. The molecule has 3 heterocycles. The summed E-state index contributed by atoms with van der Waals surface area (Å²) in [6.45, 7) is 0.467. The fourth-order valence-electron chi connectivity index (χ4n) is 4.93. The number of rotatable bonds is 6. The first-order valence-electron chi connectivity index (χ1n) is 11.5. The molecule has 0 unspecified atom stereocenters. The average molecular weight is 485 g/mol. The summed E-state index contributed by atoms with van der Waals surface area (Å²) < 4.78 is 26.2. The normalized spacial score (nSPS) is 17.7. The van der Waals surface area contributed by atoms with Crippen LogP contribution in [0.3, 0.4) is 0 Å². The van der Waals surface area contributed by atoms with Gasteiger partial charge in [-0.05, 0) is 30.9 Å². The molecule has 0 aliphatic heterocycles. The minimum atomic E-state index is -2.57. The Balaban J connectivity index is 1.40. The van der Waals surface area contributed by atoms with Gasteiger partial charge in [0.1, 0.15) is 22.9 Å². The molecule has 5 aromatic rings. The molecule has 0 amide bonds. The number of nitrogens with two attached hydrogens (primary N) is 1. The Morgan fingerprint density at radius 1 is 1.00 bits per heavy atom. The zero-order valence-corrected chi connectivity index (χ0v) is 19.7. The monoisotopic (exact) mass is 484 g/mol. The van der Waals surface area contributed by atoms with Crippen LogP contribution in [0.1, 0.15) is 24.6 Å². The molecule has 0 saturated heterocycles. The highest BCUT2D eigenvalue weighted by Crippen LogP contribution is 2.43. The molecular formula is C26H24N6O2S. The van der Waals surface area contributed by atoms with Crippen LogP contribution in [0.4, 0.5) is 5.82 Å². The summed E-state index contributed by atoms with van der Waals surface area (Å²) in [7, 11) is -2.57. The molecule has 8 nitrogen and oxygen atoms in total. The fraction of sp³-hybridized carbons (Fsp3) is 0.192. The minimum Gasteiger partial charge on any atom is -0.382 e.